The summed E-state index contributed by atoms with van der Waals surface area (Å²) in [5.41, 5.74) is 7.78. The fraction of sp³-hybridized carbons (Fsp3) is 0.306. The van der Waals surface area contributed by atoms with Gasteiger partial charge in [-0.3, -0.25) is 4.79 Å². The highest BCUT2D eigenvalue weighted by atomic mass is 16.5. The number of fused-ring (bicyclic) bond motifs is 2. The molecule has 0 spiro atoms. The number of hydrogen-bond donors (Lipinski definition) is 1. The molecule has 1 unspecified atom stereocenters. The van der Waals surface area contributed by atoms with Crippen LogP contribution < -0.4 is 10.1 Å². The van der Waals surface area contributed by atoms with E-state index < -0.39 is 5.97 Å². The zero-order valence-corrected chi connectivity index (χ0v) is 25.2. The summed E-state index contributed by atoms with van der Waals surface area (Å²) in [4.78, 5) is 31.7. The van der Waals surface area contributed by atoms with Crippen molar-refractivity contribution in [2.24, 2.45) is 11.3 Å². The summed E-state index contributed by atoms with van der Waals surface area (Å²) in [7, 11) is 1.65. The fourth-order valence-electron chi connectivity index (χ4n) is 5.61. The number of amides is 1. The number of para-hydroxylation sites is 1. The molecule has 1 N–H and O–H groups in total. The molecule has 0 fully saturated rings. The number of allylic oxidation sites excluding steroid dienone is 1. The maximum atomic E-state index is 13.8. The third-order valence-electron chi connectivity index (χ3n) is 8.09. The highest BCUT2D eigenvalue weighted by molar-refractivity contribution is 6.07. The summed E-state index contributed by atoms with van der Waals surface area (Å²) < 4.78 is 11.0. The summed E-state index contributed by atoms with van der Waals surface area (Å²) >= 11 is 0. The SMILES string of the molecule is COc1ccc(C=C2CC(C(C)(C)C)Cc3c2nc2ccccc2c3C(=O)OCC(=O)Nc2ccc(C)cc2C)cc1. The second-order valence-corrected chi connectivity index (χ2v) is 12.2. The second kappa shape index (κ2) is 11.8. The van der Waals surface area contributed by atoms with Crippen molar-refractivity contribution in [3.05, 3.63) is 100 Å². The number of aryl methyl sites for hydroxylation is 2. The first-order chi connectivity index (χ1) is 20.0. The van der Waals surface area contributed by atoms with Gasteiger partial charge in [0.1, 0.15) is 5.75 Å². The molecule has 0 saturated heterocycles. The number of hydrogen-bond acceptors (Lipinski definition) is 5. The van der Waals surface area contributed by atoms with Gasteiger partial charge >= 0.3 is 5.97 Å². The first-order valence-electron chi connectivity index (χ1n) is 14.3. The number of ether oxygens (including phenoxy) is 2. The summed E-state index contributed by atoms with van der Waals surface area (Å²) in [6.07, 6.45) is 3.68. The highest BCUT2D eigenvalue weighted by Gasteiger charge is 2.35. The summed E-state index contributed by atoms with van der Waals surface area (Å²) in [5, 5.41) is 3.60. The molecule has 6 nitrogen and oxygen atoms in total. The van der Waals surface area contributed by atoms with Gasteiger partial charge in [0.15, 0.2) is 6.61 Å². The van der Waals surface area contributed by atoms with E-state index in [1.807, 2.05) is 80.6 Å². The monoisotopic (exact) mass is 562 g/mol. The van der Waals surface area contributed by atoms with E-state index in [-0.39, 0.29) is 23.8 Å². The van der Waals surface area contributed by atoms with Crippen LogP contribution in [-0.4, -0.2) is 30.6 Å². The van der Waals surface area contributed by atoms with Crippen molar-refractivity contribution in [2.75, 3.05) is 19.0 Å². The Morgan fingerprint density at radius 3 is 2.43 bits per heavy atom. The van der Waals surface area contributed by atoms with Gasteiger partial charge in [-0.2, -0.15) is 0 Å². The van der Waals surface area contributed by atoms with Crippen molar-refractivity contribution in [1.82, 2.24) is 4.98 Å². The first-order valence-corrected chi connectivity index (χ1v) is 14.3. The van der Waals surface area contributed by atoms with Crippen LogP contribution in [0.25, 0.3) is 22.6 Å². The van der Waals surface area contributed by atoms with Crippen molar-refractivity contribution < 1.29 is 19.1 Å². The van der Waals surface area contributed by atoms with Gasteiger partial charge < -0.3 is 14.8 Å². The van der Waals surface area contributed by atoms with Crippen LogP contribution in [0.15, 0.2) is 66.7 Å². The Morgan fingerprint density at radius 2 is 1.74 bits per heavy atom. The number of pyridine rings is 1. The average molecular weight is 563 g/mol. The predicted octanol–water partition coefficient (Wildman–Crippen LogP) is 7.80. The minimum Gasteiger partial charge on any atom is -0.497 e. The molecule has 3 aromatic carbocycles. The number of rotatable bonds is 6. The molecule has 0 radical (unpaired) electrons. The molecule has 4 aromatic rings. The Kier molecular flexibility index (Phi) is 8.17. The van der Waals surface area contributed by atoms with Gasteiger partial charge in [-0.25, -0.2) is 9.78 Å². The standard InChI is InChI=1S/C36H38N2O4/c1-22-11-16-30(23(2)17-22)37-32(39)21-42-35(40)33-28-9-7-8-10-31(28)38-34-25(18-24-12-14-27(41-6)15-13-24)19-26(20-29(33)34)36(3,4)5/h7-18,26H,19-21H2,1-6H3,(H,37,39). The largest absolute Gasteiger partial charge is 0.497 e. The molecule has 0 bridgehead atoms. The number of esters is 1. The van der Waals surface area contributed by atoms with Crippen molar-refractivity contribution in [1.29, 1.82) is 0 Å². The number of methoxy groups -OCH3 is 1. The lowest BCUT2D eigenvalue weighted by Gasteiger charge is -2.36. The predicted molar refractivity (Wildman–Crippen MR) is 169 cm³/mol. The van der Waals surface area contributed by atoms with Crippen LogP contribution >= 0.6 is 0 Å². The number of nitrogens with zero attached hydrogens (tertiary/aromatic N) is 1. The number of benzene rings is 3. The molecule has 1 amide bonds. The van der Waals surface area contributed by atoms with E-state index in [1.54, 1.807) is 7.11 Å². The molecule has 216 valence electrons. The molecule has 1 aliphatic carbocycles. The second-order valence-electron chi connectivity index (χ2n) is 12.2. The lowest BCUT2D eigenvalue weighted by atomic mass is 9.69. The van der Waals surface area contributed by atoms with E-state index in [0.29, 0.717) is 17.7 Å². The van der Waals surface area contributed by atoms with E-state index in [1.165, 1.54) is 0 Å². The van der Waals surface area contributed by atoms with Crippen LogP contribution in [0.3, 0.4) is 0 Å². The van der Waals surface area contributed by atoms with Gasteiger partial charge in [0.05, 0.1) is 23.9 Å². The van der Waals surface area contributed by atoms with E-state index in [4.69, 9.17) is 14.5 Å². The molecular weight excluding hydrogens is 524 g/mol. The van der Waals surface area contributed by atoms with E-state index in [9.17, 15) is 9.59 Å². The Hall–Kier alpha value is -4.45. The average Bonchev–Trinajstić information content (AvgIpc) is 2.96. The molecule has 0 saturated carbocycles. The van der Waals surface area contributed by atoms with Crippen LogP contribution in [0.5, 0.6) is 5.75 Å². The zero-order valence-electron chi connectivity index (χ0n) is 25.2. The molecule has 5 rings (SSSR count). The summed E-state index contributed by atoms with van der Waals surface area (Å²) in [6, 6.07) is 21.4. The van der Waals surface area contributed by atoms with Crippen molar-refractivity contribution in [3.8, 4) is 5.75 Å². The molecular formula is C36H38N2O4. The molecule has 6 heteroatoms. The lowest BCUT2D eigenvalue weighted by molar-refractivity contribution is -0.119. The van der Waals surface area contributed by atoms with Crippen LogP contribution in [0, 0.1) is 25.2 Å². The fourth-order valence-corrected chi connectivity index (χ4v) is 5.61. The molecule has 0 aliphatic heterocycles. The number of nitrogens with one attached hydrogen (secondary N) is 1. The Labute approximate surface area is 247 Å². The van der Waals surface area contributed by atoms with E-state index in [2.05, 4.69) is 32.2 Å². The number of carbonyl (C=O) groups is 2. The van der Waals surface area contributed by atoms with Gasteiger partial charge in [0.2, 0.25) is 0 Å². The van der Waals surface area contributed by atoms with Gasteiger partial charge in [0.25, 0.3) is 5.91 Å². The van der Waals surface area contributed by atoms with Crippen molar-refractivity contribution in [3.63, 3.8) is 0 Å². The normalized spacial score (nSPS) is 15.8. The summed E-state index contributed by atoms with van der Waals surface area (Å²) in [6.45, 7) is 10.3. The number of aromatic nitrogens is 1. The topological polar surface area (TPSA) is 77.5 Å². The molecule has 1 aliphatic rings. The van der Waals surface area contributed by atoms with Gasteiger partial charge in [-0.1, -0.05) is 68.8 Å². The Morgan fingerprint density at radius 1 is 1.00 bits per heavy atom. The summed E-state index contributed by atoms with van der Waals surface area (Å²) in [5.74, 6) is 0.176. The number of carbonyl (C=O) groups excluding carboxylic acids is 2. The van der Waals surface area contributed by atoms with E-state index in [0.717, 1.165) is 56.6 Å². The van der Waals surface area contributed by atoms with Crippen LogP contribution in [0.2, 0.25) is 0 Å². The quantitative estimate of drug-likeness (QED) is 0.243. The highest BCUT2D eigenvalue weighted by Crippen LogP contribution is 2.45. The maximum Gasteiger partial charge on any atom is 0.339 e. The smallest absolute Gasteiger partial charge is 0.339 e. The van der Waals surface area contributed by atoms with Crippen LogP contribution in [-0.2, 0) is 16.0 Å². The van der Waals surface area contributed by atoms with Crippen LogP contribution in [0.1, 0.15) is 65.5 Å². The minimum atomic E-state index is -0.515. The number of anilines is 1. The Balaban J connectivity index is 1.53. The van der Waals surface area contributed by atoms with Crippen molar-refractivity contribution in [2.45, 2.75) is 47.5 Å². The third-order valence-corrected chi connectivity index (χ3v) is 8.09. The minimum absolute atomic E-state index is 0.00467. The molecule has 1 heterocycles. The Bertz CT molecular complexity index is 1680. The zero-order chi connectivity index (χ0) is 30.0. The van der Waals surface area contributed by atoms with Crippen LogP contribution in [0.4, 0.5) is 5.69 Å². The van der Waals surface area contributed by atoms with E-state index >= 15 is 0 Å². The van der Waals surface area contributed by atoms with Gasteiger partial charge in [0, 0.05) is 11.1 Å². The molecule has 1 atom stereocenters. The molecule has 42 heavy (non-hydrogen) atoms. The van der Waals surface area contributed by atoms with Crippen molar-refractivity contribution >= 4 is 40.1 Å². The first kappa shape index (κ1) is 29.1. The molecule has 1 aromatic heterocycles. The third kappa shape index (κ3) is 6.23. The van der Waals surface area contributed by atoms with Gasteiger partial charge in [-0.05, 0) is 90.6 Å². The maximum absolute atomic E-state index is 13.8. The lowest BCUT2D eigenvalue weighted by Crippen LogP contribution is -2.29. The van der Waals surface area contributed by atoms with Gasteiger partial charge in [-0.15, -0.1) is 0 Å².